The summed E-state index contributed by atoms with van der Waals surface area (Å²) in [5.74, 6) is -1.09. The number of amides is 3. The molecule has 132 valence electrons. The van der Waals surface area contributed by atoms with Crippen LogP contribution in [0.4, 0.5) is 0 Å². The Morgan fingerprint density at radius 2 is 1.84 bits per heavy atom. The van der Waals surface area contributed by atoms with Crippen molar-refractivity contribution in [3.8, 4) is 0 Å². The second kappa shape index (κ2) is 7.04. The van der Waals surface area contributed by atoms with E-state index in [1.807, 2.05) is 0 Å². The minimum Gasteiger partial charge on any atom is -0.340 e. The van der Waals surface area contributed by atoms with Gasteiger partial charge in [-0.3, -0.25) is 24.2 Å². The zero-order valence-corrected chi connectivity index (χ0v) is 14.1. The number of Topliss-reactive ketones (excluding diaryl/α,β-unsaturated/α-hetero) is 1. The molecule has 2 heterocycles. The Hall–Kier alpha value is -2.70. The molecule has 7 heteroatoms. The van der Waals surface area contributed by atoms with Gasteiger partial charge in [-0.1, -0.05) is 18.2 Å². The van der Waals surface area contributed by atoms with Crippen LogP contribution in [0.25, 0.3) is 0 Å². The van der Waals surface area contributed by atoms with Gasteiger partial charge < -0.3 is 5.32 Å². The average molecular weight is 343 g/mol. The molecule has 1 N–H and O–H groups in total. The van der Waals surface area contributed by atoms with Gasteiger partial charge >= 0.3 is 0 Å². The molecule has 2 aliphatic heterocycles. The monoisotopic (exact) mass is 343 g/mol. The van der Waals surface area contributed by atoms with Gasteiger partial charge in [-0.25, -0.2) is 5.01 Å². The van der Waals surface area contributed by atoms with Crippen LogP contribution in [0.1, 0.15) is 43.0 Å². The van der Waals surface area contributed by atoms with E-state index in [1.165, 1.54) is 16.9 Å². The summed E-state index contributed by atoms with van der Waals surface area (Å²) in [5, 5.41) is 5.37. The number of carbonyl (C=O) groups is 4. The maximum Gasteiger partial charge on any atom is 0.264 e. The number of hydrazine groups is 1. The van der Waals surface area contributed by atoms with E-state index in [0.29, 0.717) is 24.9 Å². The third-order valence-corrected chi connectivity index (χ3v) is 4.67. The molecule has 0 spiro atoms. The molecule has 0 bridgehead atoms. The Balaban J connectivity index is 1.83. The fraction of sp³-hybridized carbons (Fsp3) is 0.444. The summed E-state index contributed by atoms with van der Waals surface area (Å²) in [4.78, 5) is 49.7. The molecule has 1 aromatic carbocycles. The van der Waals surface area contributed by atoms with Gasteiger partial charge in [0, 0.05) is 18.5 Å². The Morgan fingerprint density at radius 3 is 2.52 bits per heavy atom. The lowest BCUT2D eigenvalue weighted by Gasteiger charge is -2.42. The number of hydrogen-bond donors (Lipinski definition) is 1. The maximum absolute atomic E-state index is 13.0. The normalized spacial score (nSPS) is 23.7. The predicted molar refractivity (Wildman–Crippen MR) is 89.2 cm³/mol. The van der Waals surface area contributed by atoms with Crippen molar-refractivity contribution in [2.75, 3.05) is 6.54 Å². The molecule has 7 nitrogen and oxygen atoms in total. The van der Waals surface area contributed by atoms with Gasteiger partial charge in [-0.15, -0.1) is 0 Å². The minimum atomic E-state index is -0.818. The second-order valence-electron chi connectivity index (χ2n) is 6.40. The van der Waals surface area contributed by atoms with E-state index < -0.39 is 18.0 Å². The molecule has 2 aliphatic rings. The van der Waals surface area contributed by atoms with Crippen molar-refractivity contribution >= 4 is 23.5 Å². The molecule has 0 saturated carbocycles. The van der Waals surface area contributed by atoms with Crippen LogP contribution in [-0.2, 0) is 14.4 Å². The van der Waals surface area contributed by atoms with Gasteiger partial charge in [0.15, 0.2) is 5.78 Å². The lowest BCUT2D eigenvalue weighted by Crippen LogP contribution is -2.61. The molecular weight excluding hydrogens is 322 g/mol. The van der Waals surface area contributed by atoms with E-state index >= 15 is 0 Å². The summed E-state index contributed by atoms with van der Waals surface area (Å²) in [5.41, 5.74) is 0.449. The third-order valence-electron chi connectivity index (χ3n) is 4.67. The van der Waals surface area contributed by atoms with Gasteiger partial charge in [0.05, 0.1) is 0 Å². The summed E-state index contributed by atoms with van der Waals surface area (Å²) in [7, 11) is 0. The molecule has 25 heavy (non-hydrogen) atoms. The van der Waals surface area contributed by atoms with Gasteiger partial charge in [-0.05, 0) is 38.3 Å². The Bertz CT molecular complexity index is 704. The standard InChI is InChI=1S/C18H21N3O4/c1-12(22)15-8-5-11-20-16(23)10-9-14(18(25)21(15)20)19-17(24)13-6-3-2-4-7-13/h2-4,6-7,14-15H,5,8-11H2,1H3,(H,19,24)/t14-,15-/m0/s1. The van der Waals surface area contributed by atoms with Crippen LogP contribution in [0.5, 0.6) is 0 Å². The quantitative estimate of drug-likeness (QED) is 0.883. The van der Waals surface area contributed by atoms with E-state index in [0.717, 1.165) is 0 Å². The zero-order chi connectivity index (χ0) is 18.0. The van der Waals surface area contributed by atoms with Crippen LogP contribution in [0.15, 0.2) is 30.3 Å². The highest BCUT2D eigenvalue weighted by atomic mass is 16.2. The van der Waals surface area contributed by atoms with E-state index in [-0.39, 0.29) is 30.4 Å². The number of nitrogens with one attached hydrogen (secondary N) is 1. The highest BCUT2D eigenvalue weighted by Crippen LogP contribution is 2.25. The lowest BCUT2D eigenvalue weighted by atomic mass is 10.0. The SMILES string of the molecule is CC(=O)[C@@H]1CCCN2C(=O)CC[C@H](NC(=O)c3ccccc3)C(=O)N12. The number of carbonyl (C=O) groups excluding carboxylic acids is 4. The second-order valence-corrected chi connectivity index (χ2v) is 6.40. The summed E-state index contributed by atoms with van der Waals surface area (Å²) >= 11 is 0. The number of nitrogens with zero attached hydrogens (tertiary/aromatic N) is 2. The van der Waals surface area contributed by atoms with Gasteiger partial charge in [0.25, 0.3) is 11.8 Å². The number of rotatable bonds is 3. The molecule has 3 amide bonds. The van der Waals surface area contributed by atoms with Crippen LogP contribution >= 0.6 is 0 Å². The molecule has 0 radical (unpaired) electrons. The number of hydrogen-bond acceptors (Lipinski definition) is 4. The molecule has 3 rings (SSSR count). The topological polar surface area (TPSA) is 86.8 Å². The van der Waals surface area contributed by atoms with Gasteiger partial charge in [-0.2, -0.15) is 0 Å². The Morgan fingerprint density at radius 1 is 1.12 bits per heavy atom. The van der Waals surface area contributed by atoms with Crippen molar-refractivity contribution in [2.24, 2.45) is 0 Å². The van der Waals surface area contributed by atoms with E-state index in [9.17, 15) is 19.2 Å². The number of ketones is 1. The van der Waals surface area contributed by atoms with Gasteiger partial charge in [0.1, 0.15) is 12.1 Å². The first-order valence-electron chi connectivity index (χ1n) is 8.48. The van der Waals surface area contributed by atoms with Crippen molar-refractivity contribution in [2.45, 2.75) is 44.7 Å². The summed E-state index contributed by atoms with van der Waals surface area (Å²) < 4.78 is 0. The lowest BCUT2D eigenvalue weighted by molar-refractivity contribution is -0.175. The minimum absolute atomic E-state index is 0.152. The maximum atomic E-state index is 13.0. The van der Waals surface area contributed by atoms with Crippen molar-refractivity contribution in [1.29, 1.82) is 0 Å². The molecule has 2 saturated heterocycles. The molecule has 0 aliphatic carbocycles. The van der Waals surface area contributed by atoms with Crippen molar-refractivity contribution < 1.29 is 19.2 Å². The summed E-state index contributed by atoms with van der Waals surface area (Å²) in [6.07, 6.45) is 1.60. The molecule has 1 aromatic rings. The zero-order valence-electron chi connectivity index (χ0n) is 14.1. The van der Waals surface area contributed by atoms with E-state index in [2.05, 4.69) is 5.32 Å². The number of fused-ring (bicyclic) bond motifs is 1. The molecule has 2 atom stereocenters. The van der Waals surface area contributed by atoms with E-state index in [4.69, 9.17) is 0 Å². The van der Waals surface area contributed by atoms with Crippen molar-refractivity contribution in [3.63, 3.8) is 0 Å². The largest absolute Gasteiger partial charge is 0.340 e. The summed E-state index contributed by atoms with van der Waals surface area (Å²) in [6.45, 7) is 1.85. The molecule has 0 unspecified atom stereocenters. The predicted octanol–water partition coefficient (Wildman–Crippen LogP) is 0.902. The Labute approximate surface area is 145 Å². The van der Waals surface area contributed by atoms with Gasteiger partial charge in [0.2, 0.25) is 5.91 Å². The van der Waals surface area contributed by atoms with Crippen LogP contribution in [-0.4, -0.2) is 52.2 Å². The number of benzene rings is 1. The summed E-state index contributed by atoms with van der Waals surface area (Å²) in [6, 6.07) is 7.15. The van der Waals surface area contributed by atoms with Crippen LogP contribution in [0.3, 0.4) is 0 Å². The van der Waals surface area contributed by atoms with Crippen LogP contribution in [0, 0.1) is 0 Å². The smallest absolute Gasteiger partial charge is 0.264 e. The van der Waals surface area contributed by atoms with Crippen LogP contribution < -0.4 is 5.32 Å². The van der Waals surface area contributed by atoms with E-state index in [1.54, 1.807) is 30.3 Å². The first-order chi connectivity index (χ1) is 12.0. The fourth-order valence-electron chi connectivity index (χ4n) is 3.37. The molecular formula is C18H21N3O4. The molecule has 2 fully saturated rings. The highest BCUT2D eigenvalue weighted by Gasteiger charge is 2.43. The molecule has 0 aromatic heterocycles. The first-order valence-corrected chi connectivity index (χ1v) is 8.48. The first kappa shape index (κ1) is 17.1. The third kappa shape index (κ3) is 3.40. The Kier molecular flexibility index (Phi) is 4.83. The van der Waals surface area contributed by atoms with Crippen LogP contribution in [0.2, 0.25) is 0 Å². The highest BCUT2D eigenvalue weighted by molar-refractivity contribution is 5.99. The van der Waals surface area contributed by atoms with Crippen molar-refractivity contribution in [3.05, 3.63) is 35.9 Å². The fourth-order valence-corrected chi connectivity index (χ4v) is 3.37. The average Bonchev–Trinajstić information content (AvgIpc) is 2.74. The van der Waals surface area contributed by atoms with Crippen molar-refractivity contribution in [1.82, 2.24) is 15.3 Å².